The number of hydrogen-bond donors (Lipinski definition) is 2. The van der Waals surface area contributed by atoms with Gasteiger partial charge in [0.25, 0.3) is 0 Å². The lowest BCUT2D eigenvalue weighted by Crippen LogP contribution is -2.42. The largest absolute Gasteiger partial charge is 0.481 e. The molecule has 2 N–H and O–H groups in total. The van der Waals surface area contributed by atoms with Crippen molar-refractivity contribution in [3.8, 4) is 5.88 Å². The van der Waals surface area contributed by atoms with Gasteiger partial charge >= 0.3 is 0 Å². The van der Waals surface area contributed by atoms with Gasteiger partial charge in [-0.3, -0.25) is 9.59 Å². The Morgan fingerprint density at radius 2 is 1.85 bits per heavy atom. The van der Waals surface area contributed by atoms with Crippen LogP contribution in [0.15, 0.2) is 60.8 Å². The van der Waals surface area contributed by atoms with Crippen molar-refractivity contribution in [2.75, 3.05) is 12.4 Å². The van der Waals surface area contributed by atoms with Crippen LogP contribution in [0.2, 0.25) is 0 Å². The lowest BCUT2D eigenvalue weighted by atomic mass is 10.0. The van der Waals surface area contributed by atoms with Crippen molar-refractivity contribution in [3.05, 3.63) is 66.4 Å². The molecule has 0 unspecified atom stereocenters. The number of carbonyl (C=O) groups excluding carboxylic acids is 2. The van der Waals surface area contributed by atoms with Crippen LogP contribution in [0.3, 0.4) is 0 Å². The molecule has 0 aliphatic carbocycles. The molecule has 0 bridgehead atoms. The number of anilines is 1. The zero-order chi connectivity index (χ0) is 19.2. The average Bonchev–Trinajstić information content (AvgIpc) is 2.68. The number of ether oxygens (including phenoxy) is 1. The second kappa shape index (κ2) is 8.31. The first-order valence-corrected chi connectivity index (χ1v) is 8.63. The number of aromatic nitrogens is 1. The minimum absolute atomic E-state index is 0.207. The predicted molar refractivity (Wildman–Crippen MR) is 105 cm³/mol. The zero-order valence-electron chi connectivity index (χ0n) is 15.2. The van der Waals surface area contributed by atoms with Crippen molar-refractivity contribution < 1.29 is 14.3 Å². The highest BCUT2D eigenvalue weighted by Gasteiger charge is 2.16. The lowest BCUT2D eigenvalue weighted by molar-refractivity contribution is -0.125. The van der Waals surface area contributed by atoms with Crippen LogP contribution in [-0.4, -0.2) is 29.9 Å². The fourth-order valence-electron chi connectivity index (χ4n) is 2.80. The molecule has 2 aromatic carbocycles. The Morgan fingerprint density at radius 3 is 2.59 bits per heavy atom. The maximum atomic E-state index is 12.4. The highest BCUT2D eigenvalue weighted by Crippen LogP contribution is 2.19. The molecular formula is C21H21N3O3. The van der Waals surface area contributed by atoms with E-state index in [1.165, 1.54) is 13.3 Å². The van der Waals surface area contributed by atoms with Crippen molar-refractivity contribution in [1.82, 2.24) is 10.3 Å². The van der Waals surface area contributed by atoms with Crippen LogP contribution in [0.1, 0.15) is 12.5 Å². The Balaban J connectivity index is 1.60. The van der Waals surface area contributed by atoms with E-state index >= 15 is 0 Å². The van der Waals surface area contributed by atoms with Gasteiger partial charge in [-0.1, -0.05) is 42.5 Å². The van der Waals surface area contributed by atoms with Gasteiger partial charge in [-0.15, -0.1) is 0 Å². The minimum Gasteiger partial charge on any atom is -0.481 e. The van der Waals surface area contributed by atoms with E-state index in [9.17, 15) is 9.59 Å². The molecule has 3 rings (SSSR count). The van der Waals surface area contributed by atoms with Crippen LogP contribution in [0, 0.1) is 0 Å². The summed E-state index contributed by atoms with van der Waals surface area (Å²) in [6.07, 6.45) is 1.71. The lowest BCUT2D eigenvalue weighted by Gasteiger charge is -2.15. The summed E-state index contributed by atoms with van der Waals surface area (Å²) in [6.45, 7) is 1.65. The number of amides is 2. The van der Waals surface area contributed by atoms with E-state index in [0.717, 1.165) is 16.3 Å². The SMILES string of the molecule is COc1ccc(NC(=O)[C@@H](C)NC(=O)Cc2cccc3ccccc23)cn1. The number of benzene rings is 2. The number of methoxy groups -OCH3 is 1. The van der Waals surface area contributed by atoms with Gasteiger partial charge in [-0.05, 0) is 29.3 Å². The van der Waals surface area contributed by atoms with Crippen molar-refractivity contribution in [3.63, 3.8) is 0 Å². The van der Waals surface area contributed by atoms with E-state index in [2.05, 4.69) is 15.6 Å². The van der Waals surface area contributed by atoms with Gasteiger partial charge in [0.2, 0.25) is 17.7 Å². The average molecular weight is 363 g/mol. The van der Waals surface area contributed by atoms with Crippen LogP contribution in [0.5, 0.6) is 5.88 Å². The third kappa shape index (κ3) is 4.61. The molecule has 1 heterocycles. The molecule has 1 aromatic heterocycles. The molecule has 1 atom stereocenters. The molecule has 2 amide bonds. The molecule has 3 aromatic rings. The number of fused-ring (bicyclic) bond motifs is 1. The topological polar surface area (TPSA) is 80.3 Å². The zero-order valence-corrected chi connectivity index (χ0v) is 15.2. The van der Waals surface area contributed by atoms with Gasteiger partial charge in [0, 0.05) is 6.07 Å². The van der Waals surface area contributed by atoms with Crippen molar-refractivity contribution >= 4 is 28.3 Å². The van der Waals surface area contributed by atoms with Crippen LogP contribution in [0.25, 0.3) is 10.8 Å². The van der Waals surface area contributed by atoms with Crippen molar-refractivity contribution in [2.45, 2.75) is 19.4 Å². The molecule has 0 spiro atoms. The summed E-state index contributed by atoms with van der Waals surface area (Å²) in [5.41, 5.74) is 1.47. The van der Waals surface area contributed by atoms with Gasteiger partial charge in [0.05, 0.1) is 25.4 Å². The summed E-state index contributed by atoms with van der Waals surface area (Å²) in [7, 11) is 1.52. The Kier molecular flexibility index (Phi) is 5.66. The smallest absolute Gasteiger partial charge is 0.246 e. The summed E-state index contributed by atoms with van der Waals surface area (Å²) in [5, 5.41) is 7.58. The molecule has 0 radical (unpaired) electrons. The van der Waals surface area contributed by atoms with Gasteiger partial charge in [0.1, 0.15) is 6.04 Å². The molecule has 0 fully saturated rings. The first kappa shape index (κ1) is 18.4. The minimum atomic E-state index is -0.672. The molecule has 27 heavy (non-hydrogen) atoms. The Bertz CT molecular complexity index is 949. The first-order chi connectivity index (χ1) is 13.1. The Morgan fingerprint density at radius 1 is 1.07 bits per heavy atom. The number of carbonyl (C=O) groups is 2. The molecule has 138 valence electrons. The molecule has 0 aliphatic heterocycles. The number of hydrogen-bond acceptors (Lipinski definition) is 4. The fraction of sp³-hybridized carbons (Fsp3) is 0.190. The van der Waals surface area contributed by atoms with E-state index in [1.54, 1.807) is 19.1 Å². The van der Waals surface area contributed by atoms with Crippen LogP contribution in [0.4, 0.5) is 5.69 Å². The molecule has 6 heteroatoms. The number of rotatable bonds is 6. The highest BCUT2D eigenvalue weighted by molar-refractivity contribution is 5.97. The van der Waals surface area contributed by atoms with E-state index < -0.39 is 6.04 Å². The fourth-order valence-corrected chi connectivity index (χ4v) is 2.80. The van der Waals surface area contributed by atoms with E-state index in [4.69, 9.17) is 4.74 Å². The maximum Gasteiger partial charge on any atom is 0.246 e. The molecule has 0 saturated heterocycles. The van der Waals surface area contributed by atoms with E-state index in [-0.39, 0.29) is 18.2 Å². The summed E-state index contributed by atoms with van der Waals surface area (Å²) < 4.78 is 4.98. The van der Waals surface area contributed by atoms with Gasteiger partial charge < -0.3 is 15.4 Å². The quantitative estimate of drug-likeness (QED) is 0.706. The molecule has 0 saturated carbocycles. The van der Waals surface area contributed by atoms with Crippen LogP contribution >= 0.6 is 0 Å². The summed E-state index contributed by atoms with van der Waals surface area (Å²) >= 11 is 0. The Labute approximate surface area is 157 Å². The van der Waals surface area contributed by atoms with Crippen molar-refractivity contribution in [2.24, 2.45) is 0 Å². The van der Waals surface area contributed by atoms with Gasteiger partial charge in [0.15, 0.2) is 0 Å². The number of pyridine rings is 1. The normalized spacial score (nSPS) is 11.6. The third-order valence-corrected chi connectivity index (χ3v) is 4.21. The van der Waals surface area contributed by atoms with Crippen LogP contribution < -0.4 is 15.4 Å². The summed E-state index contributed by atoms with van der Waals surface area (Å²) in [6, 6.07) is 16.4. The monoisotopic (exact) mass is 363 g/mol. The van der Waals surface area contributed by atoms with Gasteiger partial charge in [-0.2, -0.15) is 0 Å². The van der Waals surface area contributed by atoms with Crippen molar-refractivity contribution in [1.29, 1.82) is 0 Å². The highest BCUT2D eigenvalue weighted by atomic mass is 16.5. The Hall–Kier alpha value is -3.41. The molecule has 0 aliphatic rings. The second-order valence-electron chi connectivity index (χ2n) is 6.18. The molecule has 6 nitrogen and oxygen atoms in total. The number of nitrogens with zero attached hydrogens (tertiary/aromatic N) is 1. The second-order valence-corrected chi connectivity index (χ2v) is 6.18. The van der Waals surface area contributed by atoms with Crippen LogP contribution in [-0.2, 0) is 16.0 Å². The van der Waals surface area contributed by atoms with E-state index in [1.807, 2.05) is 42.5 Å². The van der Waals surface area contributed by atoms with E-state index in [0.29, 0.717) is 11.6 Å². The number of nitrogens with one attached hydrogen (secondary N) is 2. The summed E-state index contributed by atoms with van der Waals surface area (Å²) in [5.74, 6) is -0.0560. The van der Waals surface area contributed by atoms with Gasteiger partial charge in [-0.25, -0.2) is 4.98 Å². The predicted octanol–water partition coefficient (Wildman–Crippen LogP) is 2.93. The first-order valence-electron chi connectivity index (χ1n) is 8.63. The summed E-state index contributed by atoms with van der Waals surface area (Å²) in [4.78, 5) is 28.7. The maximum absolute atomic E-state index is 12.4. The molecular weight excluding hydrogens is 342 g/mol. The third-order valence-electron chi connectivity index (χ3n) is 4.21. The standard InChI is InChI=1S/C21H21N3O3/c1-14(21(26)24-17-10-11-20(27-2)22-13-17)23-19(25)12-16-8-5-7-15-6-3-4-9-18(15)16/h3-11,13-14H,12H2,1-2H3,(H,23,25)(H,24,26)/t14-/m1/s1.